The number of ether oxygens (including phenoxy) is 4. The van der Waals surface area contributed by atoms with E-state index in [9.17, 15) is 43.2 Å². The van der Waals surface area contributed by atoms with E-state index in [2.05, 4.69) is 72.8 Å². The summed E-state index contributed by atoms with van der Waals surface area (Å²) in [7, 11) is -9.91. The fourth-order valence-electron chi connectivity index (χ4n) is 10.0. The van der Waals surface area contributed by atoms with Gasteiger partial charge in [0.05, 0.1) is 26.4 Å². The molecule has 0 aromatic heterocycles. The molecule has 0 heterocycles. The van der Waals surface area contributed by atoms with Gasteiger partial charge in [-0.1, -0.05) is 272 Å². The Kier molecular flexibility index (Phi) is 58.8. The maximum atomic E-state index is 13.0. The van der Waals surface area contributed by atoms with Crippen LogP contribution in [0.3, 0.4) is 0 Å². The summed E-state index contributed by atoms with van der Waals surface area (Å²) in [5.41, 5.74) is 0. The van der Waals surface area contributed by atoms with Crippen molar-refractivity contribution in [1.82, 2.24) is 0 Å². The summed E-state index contributed by atoms with van der Waals surface area (Å²) in [6.45, 7) is 11.6. The summed E-state index contributed by atoms with van der Waals surface area (Å²) in [6.07, 6.45) is 46.9. The van der Waals surface area contributed by atoms with E-state index in [-0.39, 0.29) is 25.7 Å². The van der Waals surface area contributed by atoms with Gasteiger partial charge in [0, 0.05) is 25.7 Å². The molecule has 3 N–H and O–H groups in total. The van der Waals surface area contributed by atoms with Gasteiger partial charge in [-0.3, -0.25) is 37.3 Å². The zero-order valence-electron chi connectivity index (χ0n) is 57.4. The molecule has 0 saturated carbocycles. The number of carbonyl (C=O) groups is 4. The minimum atomic E-state index is -4.96. The predicted octanol–water partition coefficient (Wildman–Crippen LogP) is 19.4. The third-order valence-corrected chi connectivity index (χ3v) is 17.4. The first-order chi connectivity index (χ1) is 42.7. The number of phosphoric acid groups is 2. The molecule has 0 aliphatic carbocycles. The molecular formula is C70H132O17P2. The number of unbranched alkanes of at least 4 members (excludes halogenated alkanes) is 31. The summed E-state index contributed by atoms with van der Waals surface area (Å²) in [6, 6.07) is 0. The maximum Gasteiger partial charge on any atom is 0.472 e. The minimum Gasteiger partial charge on any atom is -0.462 e. The Labute approximate surface area is 542 Å². The molecule has 0 radical (unpaired) electrons. The van der Waals surface area contributed by atoms with Crippen LogP contribution in [0.4, 0.5) is 0 Å². The Balaban J connectivity index is 5.24. The first kappa shape index (κ1) is 86.5. The number of esters is 4. The lowest BCUT2D eigenvalue weighted by atomic mass is 10.0. The van der Waals surface area contributed by atoms with E-state index in [1.165, 1.54) is 109 Å². The molecule has 5 atom stereocenters. The molecule has 0 aliphatic heterocycles. The molecule has 0 fully saturated rings. The fraction of sp³-hybridized carbons (Fsp3) is 0.886. The van der Waals surface area contributed by atoms with E-state index in [0.717, 1.165) is 121 Å². The third-order valence-electron chi connectivity index (χ3n) is 15.5. The van der Waals surface area contributed by atoms with E-state index < -0.39 is 97.5 Å². The Morgan fingerprint density at radius 2 is 0.607 bits per heavy atom. The summed E-state index contributed by atoms with van der Waals surface area (Å²) in [5.74, 6) is -0.0181. The van der Waals surface area contributed by atoms with Crippen LogP contribution in [-0.2, 0) is 65.4 Å². The van der Waals surface area contributed by atoms with Gasteiger partial charge in [-0.25, -0.2) is 9.13 Å². The quantitative estimate of drug-likeness (QED) is 0.0169. The van der Waals surface area contributed by atoms with Crippen LogP contribution in [0.25, 0.3) is 0 Å². The highest BCUT2D eigenvalue weighted by Gasteiger charge is 2.30. The normalized spacial score (nSPS) is 14.4. The Bertz CT molecular complexity index is 1840. The molecule has 0 amide bonds. The smallest absolute Gasteiger partial charge is 0.462 e. The van der Waals surface area contributed by atoms with Crippen molar-refractivity contribution in [3.05, 3.63) is 24.3 Å². The Hall–Kier alpha value is -2.46. The lowest BCUT2D eigenvalue weighted by molar-refractivity contribution is -0.161. The molecule has 0 bridgehead atoms. The highest BCUT2D eigenvalue weighted by molar-refractivity contribution is 7.47. The molecule has 89 heavy (non-hydrogen) atoms. The number of hydrogen-bond donors (Lipinski definition) is 3. The zero-order valence-corrected chi connectivity index (χ0v) is 59.2. The van der Waals surface area contributed by atoms with Gasteiger partial charge in [-0.05, 0) is 69.1 Å². The third kappa shape index (κ3) is 64.1. The second-order valence-corrected chi connectivity index (χ2v) is 28.9. The van der Waals surface area contributed by atoms with E-state index >= 15 is 0 Å². The van der Waals surface area contributed by atoms with Crippen LogP contribution in [0.2, 0.25) is 0 Å². The standard InChI is InChI=1S/C70H132O17P2/c1-8-9-10-11-12-13-14-15-16-17-21-24-29-37-44-51-67(72)80-58-66(87-70(75)54-47-40-33-32-36-43-50-63(6)7)60-85-89(78,79)83-56-64(71)55-82-88(76,77)84-59-65(57-81-68(73)52-45-38-31-26-28-35-42-49-62(4)5)86-69(74)53-46-39-30-25-22-19-18-20-23-27-34-41-48-61(2)3/h13-16,61-66,71H,8-12,17-60H2,1-7H3,(H,76,77)(H,78,79)/b14-13-,16-15-/t64?,65-,66-/m1/s1. The van der Waals surface area contributed by atoms with Gasteiger partial charge in [-0.2, -0.15) is 0 Å². The Morgan fingerprint density at radius 1 is 0.348 bits per heavy atom. The first-order valence-electron chi connectivity index (χ1n) is 35.7. The van der Waals surface area contributed by atoms with Crippen molar-refractivity contribution in [2.75, 3.05) is 39.6 Å². The number of rotatable bonds is 66. The van der Waals surface area contributed by atoms with E-state index in [1.54, 1.807) is 0 Å². The fourth-order valence-corrected chi connectivity index (χ4v) is 11.6. The summed E-state index contributed by atoms with van der Waals surface area (Å²) < 4.78 is 68.2. The average molecular weight is 1310 g/mol. The van der Waals surface area contributed by atoms with Gasteiger partial charge in [0.1, 0.15) is 19.3 Å². The number of hydrogen-bond acceptors (Lipinski definition) is 15. The Morgan fingerprint density at radius 3 is 0.910 bits per heavy atom. The van der Waals surface area contributed by atoms with Gasteiger partial charge in [0.15, 0.2) is 12.2 Å². The maximum absolute atomic E-state index is 13.0. The van der Waals surface area contributed by atoms with Crippen LogP contribution in [0.1, 0.15) is 325 Å². The van der Waals surface area contributed by atoms with Crippen molar-refractivity contribution < 1.29 is 80.2 Å². The van der Waals surface area contributed by atoms with Crippen molar-refractivity contribution in [1.29, 1.82) is 0 Å². The van der Waals surface area contributed by atoms with Crippen LogP contribution in [0, 0.1) is 17.8 Å². The van der Waals surface area contributed by atoms with E-state index in [4.69, 9.17) is 37.0 Å². The lowest BCUT2D eigenvalue weighted by Gasteiger charge is -2.21. The highest BCUT2D eigenvalue weighted by Crippen LogP contribution is 2.45. The number of aliphatic hydroxyl groups excluding tert-OH is 1. The van der Waals surface area contributed by atoms with E-state index in [1.807, 2.05) is 0 Å². The predicted molar refractivity (Wildman–Crippen MR) is 358 cm³/mol. The van der Waals surface area contributed by atoms with Crippen molar-refractivity contribution in [2.45, 2.75) is 343 Å². The van der Waals surface area contributed by atoms with Crippen molar-refractivity contribution in [3.63, 3.8) is 0 Å². The number of allylic oxidation sites excluding steroid dienone is 4. The van der Waals surface area contributed by atoms with Gasteiger partial charge < -0.3 is 33.8 Å². The molecular weight excluding hydrogens is 1170 g/mol. The SMILES string of the molecule is CCCCCC/C=C\C=C/CCCCCCCC(=O)OC[C@H](COP(=O)(O)OCC(O)COP(=O)(O)OC[C@@H](COC(=O)CCCCCCCCCC(C)C)OC(=O)CCCCCCCCCCCCCCC(C)C)OC(=O)CCCCCCCCC(C)C. The minimum absolute atomic E-state index is 0.0948. The molecule has 3 unspecified atom stereocenters. The molecule has 19 heteroatoms. The number of carbonyl (C=O) groups excluding carboxylic acids is 4. The van der Waals surface area contributed by atoms with E-state index in [0.29, 0.717) is 37.5 Å². The number of phosphoric ester groups is 2. The highest BCUT2D eigenvalue weighted by atomic mass is 31.2. The monoisotopic (exact) mass is 1310 g/mol. The van der Waals surface area contributed by atoms with Gasteiger partial charge in [-0.15, -0.1) is 0 Å². The molecule has 0 saturated heterocycles. The lowest BCUT2D eigenvalue weighted by Crippen LogP contribution is -2.30. The average Bonchev–Trinajstić information content (AvgIpc) is 3.55. The van der Waals surface area contributed by atoms with Crippen LogP contribution in [0.5, 0.6) is 0 Å². The van der Waals surface area contributed by atoms with Crippen LogP contribution in [-0.4, -0.2) is 96.7 Å². The van der Waals surface area contributed by atoms with Crippen LogP contribution >= 0.6 is 15.6 Å². The van der Waals surface area contributed by atoms with Gasteiger partial charge in [0.25, 0.3) is 0 Å². The zero-order chi connectivity index (χ0) is 65.9. The van der Waals surface area contributed by atoms with Gasteiger partial charge in [0.2, 0.25) is 0 Å². The first-order valence-corrected chi connectivity index (χ1v) is 38.7. The molecule has 0 spiro atoms. The molecule has 524 valence electrons. The molecule has 0 rings (SSSR count). The topological polar surface area (TPSA) is 237 Å². The largest absolute Gasteiger partial charge is 0.472 e. The van der Waals surface area contributed by atoms with Crippen molar-refractivity contribution in [3.8, 4) is 0 Å². The molecule has 0 aliphatic rings. The van der Waals surface area contributed by atoms with Crippen LogP contribution < -0.4 is 0 Å². The van der Waals surface area contributed by atoms with Crippen LogP contribution in [0.15, 0.2) is 24.3 Å². The summed E-state index contributed by atoms with van der Waals surface area (Å²) in [5, 5.41) is 10.6. The summed E-state index contributed by atoms with van der Waals surface area (Å²) >= 11 is 0. The molecule has 0 aromatic carbocycles. The van der Waals surface area contributed by atoms with Crippen molar-refractivity contribution >= 4 is 39.5 Å². The summed E-state index contributed by atoms with van der Waals surface area (Å²) in [4.78, 5) is 72.4. The van der Waals surface area contributed by atoms with Gasteiger partial charge >= 0.3 is 39.5 Å². The molecule has 17 nitrogen and oxygen atoms in total. The second-order valence-electron chi connectivity index (χ2n) is 26.0. The van der Waals surface area contributed by atoms with Crippen molar-refractivity contribution in [2.24, 2.45) is 17.8 Å². The second kappa shape index (κ2) is 60.5. The molecule has 0 aromatic rings. The number of aliphatic hydroxyl groups is 1.